The van der Waals surface area contributed by atoms with E-state index in [2.05, 4.69) is 176 Å². The SMILES string of the molecule is CC1(C)c2ccccc2-c2ccc(N(c3ccc4cc(C5CCCCC5)ccc4c3)c3ccc4ccccc4c3-c3cccc4ccccc34)cc21. The Hall–Kier alpha value is -5.66. The van der Waals surface area contributed by atoms with E-state index in [-0.39, 0.29) is 5.41 Å². The maximum Gasteiger partial charge on any atom is 0.0546 e. The number of fused-ring (bicyclic) bond motifs is 6. The van der Waals surface area contributed by atoms with Gasteiger partial charge in [0, 0.05) is 22.4 Å². The Labute approximate surface area is 307 Å². The highest BCUT2D eigenvalue weighted by Crippen LogP contribution is 2.52. The van der Waals surface area contributed by atoms with Gasteiger partial charge >= 0.3 is 0 Å². The number of hydrogen-bond acceptors (Lipinski definition) is 1. The van der Waals surface area contributed by atoms with Crippen molar-refractivity contribution in [2.75, 3.05) is 4.90 Å². The number of nitrogens with zero attached hydrogens (tertiary/aromatic N) is 1. The fourth-order valence-electron chi connectivity index (χ4n) is 9.51. The van der Waals surface area contributed by atoms with E-state index in [4.69, 9.17) is 0 Å². The molecule has 0 radical (unpaired) electrons. The summed E-state index contributed by atoms with van der Waals surface area (Å²) in [6.07, 6.45) is 6.71. The number of hydrogen-bond donors (Lipinski definition) is 0. The van der Waals surface area contributed by atoms with Gasteiger partial charge < -0.3 is 4.90 Å². The zero-order valence-corrected chi connectivity index (χ0v) is 30.1. The second kappa shape index (κ2) is 12.2. The monoisotopic (exact) mass is 669 g/mol. The first-order valence-electron chi connectivity index (χ1n) is 19.1. The Bertz CT molecular complexity index is 2650. The largest absolute Gasteiger partial charge is 0.310 e. The number of anilines is 3. The van der Waals surface area contributed by atoms with Crippen molar-refractivity contribution in [3.05, 3.63) is 174 Å². The van der Waals surface area contributed by atoms with Gasteiger partial charge in [-0.1, -0.05) is 161 Å². The molecule has 8 aromatic carbocycles. The first kappa shape index (κ1) is 31.1. The minimum absolute atomic E-state index is 0.103. The molecule has 252 valence electrons. The molecule has 1 saturated carbocycles. The second-order valence-corrected chi connectivity index (χ2v) is 15.6. The fraction of sp³-hybridized carbons (Fsp3) is 0.176. The Kier molecular flexibility index (Phi) is 7.32. The molecular weight excluding hydrogens is 627 g/mol. The van der Waals surface area contributed by atoms with Crippen LogP contribution < -0.4 is 4.90 Å². The first-order chi connectivity index (χ1) is 25.5. The first-order valence-corrected chi connectivity index (χ1v) is 19.1. The van der Waals surface area contributed by atoms with Gasteiger partial charge in [0.2, 0.25) is 0 Å². The van der Waals surface area contributed by atoms with Crippen LogP contribution in [-0.4, -0.2) is 0 Å². The third kappa shape index (κ3) is 4.98. The van der Waals surface area contributed by atoms with Gasteiger partial charge in [-0.3, -0.25) is 0 Å². The summed E-state index contributed by atoms with van der Waals surface area (Å²) in [7, 11) is 0. The van der Waals surface area contributed by atoms with Gasteiger partial charge in [-0.05, 0) is 115 Å². The van der Waals surface area contributed by atoms with Crippen LogP contribution in [0.3, 0.4) is 0 Å². The molecule has 0 heterocycles. The minimum atomic E-state index is -0.103. The van der Waals surface area contributed by atoms with Crippen molar-refractivity contribution >= 4 is 49.4 Å². The Morgan fingerprint density at radius 2 is 1.08 bits per heavy atom. The third-order valence-electron chi connectivity index (χ3n) is 12.2. The van der Waals surface area contributed by atoms with Crippen LogP contribution in [0.1, 0.15) is 68.6 Å². The van der Waals surface area contributed by atoms with Crippen LogP contribution >= 0.6 is 0 Å². The molecule has 0 unspecified atom stereocenters. The van der Waals surface area contributed by atoms with E-state index in [1.54, 1.807) is 0 Å². The smallest absolute Gasteiger partial charge is 0.0546 e. The molecule has 0 bridgehead atoms. The predicted octanol–water partition coefficient (Wildman–Crippen LogP) is 14.6. The van der Waals surface area contributed by atoms with Gasteiger partial charge in [-0.25, -0.2) is 0 Å². The van der Waals surface area contributed by atoms with Gasteiger partial charge in [0.05, 0.1) is 5.69 Å². The molecule has 0 saturated heterocycles. The lowest BCUT2D eigenvalue weighted by molar-refractivity contribution is 0.444. The van der Waals surface area contributed by atoms with Gasteiger partial charge in [0.15, 0.2) is 0 Å². The average Bonchev–Trinajstić information content (AvgIpc) is 3.43. The molecule has 0 amide bonds. The van der Waals surface area contributed by atoms with Crippen LogP contribution in [0.4, 0.5) is 17.1 Å². The summed E-state index contributed by atoms with van der Waals surface area (Å²) < 4.78 is 0. The lowest BCUT2D eigenvalue weighted by Gasteiger charge is -2.31. The van der Waals surface area contributed by atoms with Crippen LogP contribution in [0.2, 0.25) is 0 Å². The highest BCUT2D eigenvalue weighted by molar-refractivity contribution is 6.11. The van der Waals surface area contributed by atoms with Gasteiger partial charge in [-0.15, -0.1) is 0 Å². The minimum Gasteiger partial charge on any atom is -0.310 e. The quantitative estimate of drug-likeness (QED) is 0.176. The molecule has 0 aliphatic heterocycles. The highest BCUT2D eigenvalue weighted by atomic mass is 15.1. The number of rotatable bonds is 5. The number of benzene rings is 8. The maximum atomic E-state index is 2.53. The van der Waals surface area contributed by atoms with E-state index in [0.717, 1.165) is 0 Å². The molecule has 52 heavy (non-hydrogen) atoms. The standard InChI is InChI=1S/C51H43N/c1-51(2)47-22-11-10-20-44(47)45-29-28-41(33-48(45)51)52(40-27-25-38-31-37(23-24-39(38)32-40)34-13-4-3-5-14-34)49-30-26-36-16-7-9-19-43(36)50(49)46-21-12-17-35-15-6-8-18-42(35)46/h6-12,15-34H,3-5,13-14H2,1-2H3. The molecule has 0 spiro atoms. The molecule has 2 aliphatic rings. The summed E-state index contributed by atoms with van der Waals surface area (Å²) in [6, 6.07) is 59.5. The predicted molar refractivity (Wildman–Crippen MR) is 222 cm³/mol. The van der Waals surface area contributed by atoms with Crippen molar-refractivity contribution in [3.8, 4) is 22.3 Å². The highest BCUT2D eigenvalue weighted by Gasteiger charge is 2.36. The lowest BCUT2D eigenvalue weighted by atomic mass is 9.82. The van der Waals surface area contributed by atoms with Crippen molar-refractivity contribution in [2.45, 2.75) is 57.3 Å². The Balaban J connectivity index is 1.22. The Morgan fingerprint density at radius 1 is 0.462 bits per heavy atom. The van der Waals surface area contributed by atoms with E-state index < -0.39 is 0 Å². The van der Waals surface area contributed by atoms with Gasteiger partial charge in [0.25, 0.3) is 0 Å². The van der Waals surface area contributed by atoms with Crippen LogP contribution in [-0.2, 0) is 5.41 Å². The maximum absolute atomic E-state index is 2.53. The van der Waals surface area contributed by atoms with Gasteiger partial charge in [0.1, 0.15) is 0 Å². The van der Waals surface area contributed by atoms with Crippen molar-refractivity contribution in [1.82, 2.24) is 0 Å². The summed E-state index contributed by atoms with van der Waals surface area (Å²) >= 11 is 0. The van der Waals surface area contributed by atoms with Crippen LogP contribution in [0.5, 0.6) is 0 Å². The van der Waals surface area contributed by atoms with E-state index >= 15 is 0 Å². The topological polar surface area (TPSA) is 3.24 Å². The van der Waals surface area contributed by atoms with Crippen LogP contribution in [0.15, 0.2) is 158 Å². The van der Waals surface area contributed by atoms with Crippen molar-refractivity contribution < 1.29 is 0 Å². The molecule has 2 aliphatic carbocycles. The van der Waals surface area contributed by atoms with Crippen molar-refractivity contribution in [3.63, 3.8) is 0 Å². The molecule has 10 rings (SSSR count). The molecular formula is C51H43N. The zero-order chi connectivity index (χ0) is 34.8. The molecule has 1 nitrogen and oxygen atoms in total. The van der Waals surface area contributed by atoms with E-state index in [1.807, 2.05) is 0 Å². The second-order valence-electron chi connectivity index (χ2n) is 15.6. The van der Waals surface area contributed by atoms with Crippen molar-refractivity contribution in [2.24, 2.45) is 0 Å². The average molecular weight is 670 g/mol. The van der Waals surface area contributed by atoms with Crippen LogP contribution in [0.25, 0.3) is 54.6 Å². The van der Waals surface area contributed by atoms with Crippen molar-refractivity contribution in [1.29, 1.82) is 0 Å². The van der Waals surface area contributed by atoms with Gasteiger partial charge in [-0.2, -0.15) is 0 Å². The summed E-state index contributed by atoms with van der Waals surface area (Å²) in [5.74, 6) is 0.689. The Morgan fingerprint density at radius 3 is 1.94 bits per heavy atom. The molecule has 0 N–H and O–H groups in total. The molecule has 8 aromatic rings. The van der Waals surface area contributed by atoms with Crippen LogP contribution in [0, 0.1) is 0 Å². The molecule has 1 fully saturated rings. The van der Waals surface area contributed by atoms with E-state index in [1.165, 1.54) is 120 Å². The summed E-state index contributed by atoms with van der Waals surface area (Å²) in [5, 5.41) is 7.62. The molecule has 1 heteroatoms. The zero-order valence-electron chi connectivity index (χ0n) is 30.1. The third-order valence-corrected chi connectivity index (χ3v) is 12.2. The van der Waals surface area contributed by atoms with E-state index in [9.17, 15) is 0 Å². The van der Waals surface area contributed by atoms with E-state index in [0.29, 0.717) is 5.92 Å². The normalized spacial score (nSPS) is 15.2. The lowest BCUT2D eigenvalue weighted by Crippen LogP contribution is -2.17. The summed E-state index contributed by atoms with van der Waals surface area (Å²) in [6.45, 7) is 4.76. The summed E-state index contributed by atoms with van der Waals surface area (Å²) in [5.41, 5.74) is 12.9. The summed E-state index contributed by atoms with van der Waals surface area (Å²) in [4.78, 5) is 2.53. The fourth-order valence-corrected chi connectivity index (χ4v) is 9.51. The molecule has 0 atom stereocenters. The molecule has 0 aromatic heterocycles.